The Morgan fingerprint density at radius 3 is 2.31 bits per heavy atom. The van der Waals surface area contributed by atoms with Gasteiger partial charge in [0.25, 0.3) is 0 Å². The van der Waals surface area contributed by atoms with E-state index in [2.05, 4.69) is 78.6 Å². The van der Waals surface area contributed by atoms with Gasteiger partial charge in [-0.3, -0.25) is 19.8 Å². The van der Waals surface area contributed by atoms with Crippen molar-refractivity contribution in [1.29, 1.82) is 0 Å². The van der Waals surface area contributed by atoms with Crippen LogP contribution in [0.25, 0.3) is 22.0 Å². The van der Waals surface area contributed by atoms with Crippen LogP contribution in [0.5, 0.6) is 5.75 Å². The van der Waals surface area contributed by atoms with Crippen molar-refractivity contribution in [3.05, 3.63) is 130 Å². The normalized spacial score (nSPS) is 18.1. The summed E-state index contributed by atoms with van der Waals surface area (Å²) in [5.41, 5.74) is 6.27. The van der Waals surface area contributed by atoms with Crippen molar-refractivity contribution >= 4 is 36.9 Å². The lowest BCUT2D eigenvalue weighted by molar-refractivity contribution is -0.131. The summed E-state index contributed by atoms with van der Waals surface area (Å²) < 4.78 is 18.7. The molecule has 1 saturated heterocycles. The van der Waals surface area contributed by atoms with Crippen LogP contribution >= 0.6 is 0 Å². The zero-order valence-corrected chi connectivity index (χ0v) is 39.9. The lowest BCUT2D eigenvalue weighted by Gasteiger charge is -2.39. The average molecular weight is 902 g/mol. The lowest BCUT2D eigenvalue weighted by atomic mass is 10.0. The number of phenols is 1. The Hall–Kier alpha value is -5.31. The number of nitrogens with zero attached hydrogens (tertiary/aromatic N) is 2. The molecule has 0 bridgehead atoms. The number of phenolic OH excluding ortho intramolecular Hbond substituents is 1. The van der Waals surface area contributed by atoms with Gasteiger partial charge in [-0.15, -0.1) is 0 Å². The number of hydrogen-bond acceptors (Lipinski definition) is 9. The Morgan fingerprint density at radius 1 is 0.892 bits per heavy atom. The molecule has 1 aliphatic heterocycles. The first-order valence-corrected chi connectivity index (χ1v) is 26.0. The van der Waals surface area contributed by atoms with Crippen LogP contribution in [-0.2, 0) is 31.7 Å². The predicted octanol–water partition coefficient (Wildman–Crippen LogP) is 9.12. The molecule has 2 aliphatic rings. The highest BCUT2D eigenvalue weighted by Crippen LogP contribution is 2.42. The monoisotopic (exact) mass is 901 g/mol. The molecule has 1 saturated carbocycles. The number of fused-ring (bicyclic) bond motifs is 2. The van der Waals surface area contributed by atoms with E-state index in [9.17, 15) is 19.5 Å². The zero-order chi connectivity index (χ0) is 46.1. The van der Waals surface area contributed by atoms with E-state index in [-0.39, 0.29) is 40.6 Å². The number of amides is 2. The SMILES string of the molecule is CN(CCNC[C@H](O[Si](C)(C)C(C)(C)C)c1ccc(O)c2[nH]c(=O)ccc12)C(=O)CCOCCc1ccc(CN2C[C@H]3C[C@H](OC(=O)Nc4ccccc4-c4ccccc4)C[C@H]3C2)cc1. The highest BCUT2D eigenvalue weighted by atomic mass is 28.4. The number of carbonyl (C=O) groups is 2. The largest absolute Gasteiger partial charge is 0.506 e. The van der Waals surface area contributed by atoms with Gasteiger partial charge in [0.05, 0.1) is 36.9 Å². The second-order valence-electron chi connectivity index (χ2n) is 19.3. The van der Waals surface area contributed by atoms with Crippen molar-refractivity contribution < 1.29 is 28.6 Å². The molecule has 4 N–H and O–H groups in total. The van der Waals surface area contributed by atoms with Gasteiger partial charge in [0.1, 0.15) is 11.9 Å². The van der Waals surface area contributed by atoms with E-state index in [1.807, 2.05) is 67.7 Å². The number of likely N-dealkylation sites (tertiary alicyclic amines) is 1. The van der Waals surface area contributed by atoms with Gasteiger partial charge >= 0.3 is 6.09 Å². The van der Waals surface area contributed by atoms with E-state index >= 15 is 0 Å². The predicted molar refractivity (Wildman–Crippen MR) is 261 cm³/mol. The first kappa shape index (κ1) is 47.6. The smallest absolute Gasteiger partial charge is 0.411 e. The number of anilines is 1. The topological polar surface area (TPSA) is 145 Å². The van der Waals surface area contributed by atoms with E-state index < -0.39 is 8.32 Å². The van der Waals surface area contributed by atoms with Gasteiger partial charge < -0.3 is 34.2 Å². The summed E-state index contributed by atoms with van der Waals surface area (Å²) in [6, 6.07) is 33.3. The average Bonchev–Trinajstić information content (AvgIpc) is 3.83. The molecule has 2 amide bonds. The van der Waals surface area contributed by atoms with Gasteiger partial charge in [0.15, 0.2) is 8.32 Å². The number of H-pyrrole nitrogens is 1. The van der Waals surface area contributed by atoms with E-state index in [0.29, 0.717) is 56.6 Å². The van der Waals surface area contributed by atoms with Gasteiger partial charge in [-0.2, -0.15) is 0 Å². The summed E-state index contributed by atoms with van der Waals surface area (Å²) in [4.78, 5) is 45.0. The number of nitrogens with one attached hydrogen (secondary N) is 3. The second kappa shape index (κ2) is 21.3. The molecule has 4 atom stereocenters. The van der Waals surface area contributed by atoms with Crippen LogP contribution in [0.2, 0.25) is 18.1 Å². The molecule has 12 nitrogen and oxygen atoms in total. The Balaban J connectivity index is 0.777. The Labute approximate surface area is 384 Å². The molecule has 0 radical (unpaired) electrons. The molecule has 4 aromatic carbocycles. The number of pyridine rings is 1. The molecule has 5 aromatic rings. The minimum absolute atomic E-state index is 0.0182. The maximum absolute atomic E-state index is 13.0. The van der Waals surface area contributed by atoms with Crippen LogP contribution in [0.4, 0.5) is 10.5 Å². The first-order valence-electron chi connectivity index (χ1n) is 23.1. The lowest BCUT2D eigenvalue weighted by Crippen LogP contribution is -2.44. The third-order valence-corrected chi connectivity index (χ3v) is 18.1. The molecular formula is C52H67N5O7Si. The van der Waals surface area contributed by atoms with Gasteiger partial charge in [-0.1, -0.05) is 99.6 Å². The fourth-order valence-electron chi connectivity index (χ4n) is 8.92. The van der Waals surface area contributed by atoms with Crippen molar-refractivity contribution in [2.75, 3.05) is 58.3 Å². The number of benzene rings is 4. The van der Waals surface area contributed by atoms with Crippen molar-refractivity contribution in [2.45, 2.75) is 83.3 Å². The number of rotatable bonds is 19. The molecule has 1 aromatic heterocycles. The summed E-state index contributed by atoms with van der Waals surface area (Å²) >= 11 is 0. The number of hydrogen-bond donors (Lipinski definition) is 4. The van der Waals surface area contributed by atoms with E-state index in [4.69, 9.17) is 13.9 Å². The molecule has 13 heteroatoms. The number of carbonyl (C=O) groups excluding carboxylic acids is 2. The van der Waals surface area contributed by atoms with E-state index in [1.54, 1.807) is 17.0 Å². The van der Waals surface area contributed by atoms with Crippen LogP contribution in [0.15, 0.2) is 108 Å². The van der Waals surface area contributed by atoms with Gasteiger partial charge in [-0.05, 0) is 89.7 Å². The van der Waals surface area contributed by atoms with Crippen LogP contribution in [-0.4, -0.2) is 99.3 Å². The first-order chi connectivity index (χ1) is 31.1. The Kier molecular flexibility index (Phi) is 15.6. The number of aromatic hydroxyl groups is 1. The van der Waals surface area contributed by atoms with Crippen molar-refractivity contribution in [2.24, 2.45) is 11.8 Å². The maximum atomic E-state index is 13.0. The number of ether oxygens (including phenoxy) is 2. The number of aromatic amines is 1. The quantitative estimate of drug-likeness (QED) is 0.0471. The molecule has 2 heterocycles. The summed E-state index contributed by atoms with van der Waals surface area (Å²) in [6.07, 6.45) is 2.11. The standard InChI is InChI=1S/C52H67N5O7Si/c1-52(2,3)65(5,6)64-47(43-20-22-46(58)50-44(43)21-23-48(59)55-50)32-53-26-27-56(4)49(60)25-29-62-28-24-36-16-18-37(19-17-36)33-57-34-39-30-41(31-40(39)35-57)63-51(61)54-45-15-11-10-14-42(45)38-12-8-7-9-13-38/h7-23,39-41,47,53,58H,24-35H2,1-6H3,(H,54,61)(H,55,59)/t39-,40+,41+,47-/m0/s1. The molecule has 0 unspecified atom stereocenters. The molecule has 65 heavy (non-hydrogen) atoms. The van der Waals surface area contributed by atoms with E-state index in [0.717, 1.165) is 66.7 Å². The summed E-state index contributed by atoms with van der Waals surface area (Å²) in [7, 11) is -0.393. The molecule has 346 valence electrons. The Bertz CT molecular complexity index is 2420. The van der Waals surface area contributed by atoms with Gasteiger partial charge in [0.2, 0.25) is 11.5 Å². The molecule has 0 spiro atoms. The summed E-state index contributed by atoms with van der Waals surface area (Å²) in [5, 5.41) is 17.7. The Morgan fingerprint density at radius 2 is 1.58 bits per heavy atom. The molecular weight excluding hydrogens is 835 g/mol. The number of aromatic nitrogens is 1. The van der Waals surface area contributed by atoms with Crippen LogP contribution in [0, 0.1) is 11.8 Å². The highest BCUT2D eigenvalue weighted by molar-refractivity contribution is 6.74. The van der Waals surface area contributed by atoms with Gasteiger partial charge in [-0.25, -0.2) is 4.79 Å². The number of para-hydroxylation sites is 1. The summed E-state index contributed by atoms with van der Waals surface area (Å²) in [6.45, 7) is 16.5. The maximum Gasteiger partial charge on any atom is 0.411 e. The fraction of sp³-hybridized carbons (Fsp3) is 0.442. The summed E-state index contributed by atoms with van der Waals surface area (Å²) in [5.74, 6) is 1.11. The fourth-order valence-corrected chi connectivity index (χ4v) is 10.2. The van der Waals surface area contributed by atoms with Crippen molar-refractivity contribution in [1.82, 2.24) is 20.1 Å². The van der Waals surface area contributed by atoms with Crippen molar-refractivity contribution in [3.8, 4) is 16.9 Å². The zero-order valence-electron chi connectivity index (χ0n) is 38.9. The van der Waals surface area contributed by atoms with Crippen LogP contribution in [0.3, 0.4) is 0 Å². The third kappa shape index (κ3) is 12.5. The highest BCUT2D eigenvalue weighted by Gasteiger charge is 2.42. The minimum Gasteiger partial charge on any atom is -0.506 e. The van der Waals surface area contributed by atoms with E-state index in [1.165, 1.54) is 17.2 Å². The van der Waals surface area contributed by atoms with Crippen LogP contribution in [0.1, 0.15) is 62.8 Å². The number of likely N-dealkylation sites (N-methyl/N-ethyl adjacent to an activating group) is 1. The van der Waals surface area contributed by atoms with Gasteiger partial charge in [0, 0.05) is 63.3 Å². The third-order valence-electron chi connectivity index (χ3n) is 13.6. The molecule has 7 rings (SSSR count). The second-order valence-corrected chi connectivity index (χ2v) is 24.1. The molecule has 1 aliphatic carbocycles. The minimum atomic E-state index is -2.21. The molecule has 2 fully saturated rings. The van der Waals surface area contributed by atoms with Crippen molar-refractivity contribution in [3.63, 3.8) is 0 Å². The van der Waals surface area contributed by atoms with Crippen LogP contribution < -0.4 is 16.2 Å².